The van der Waals surface area contributed by atoms with Gasteiger partial charge in [0, 0.05) is 43.9 Å². The molecule has 4 aromatic carbocycles. The van der Waals surface area contributed by atoms with Crippen LogP contribution in [-0.2, 0) is 44.5 Å². The van der Waals surface area contributed by atoms with Crippen LogP contribution in [0.1, 0.15) is 42.5 Å². The van der Waals surface area contributed by atoms with E-state index in [-0.39, 0.29) is 32.7 Å². The van der Waals surface area contributed by atoms with Gasteiger partial charge in [0.15, 0.2) is 0 Å². The van der Waals surface area contributed by atoms with Crippen LogP contribution in [0.15, 0.2) is 108 Å². The molecule has 3 aliphatic carbocycles. The molecule has 1 spiro atoms. The SMILES string of the molecule is CCC.[C-]1=C(Oc2[c-]cccc2)C2(C3=C1c1ccccc1C3)c1ccccc1-c1ccccc12.[Y]. The van der Waals surface area contributed by atoms with Crippen LogP contribution in [0.3, 0.4) is 0 Å². The first-order chi connectivity index (χ1) is 16.8. The Morgan fingerprint density at radius 3 is 1.94 bits per heavy atom. The minimum Gasteiger partial charge on any atom is -0.500 e. The number of benzene rings is 4. The van der Waals surface area contributed by atoms with E-state index in [1.807, 2.05) is 24.3 Å². The first kappa shape index (κ1) is 24.0. The minimum absolute atomic E-state index is 0. The number of allylic oxidation sites excluding steroid dienone is 3. The zero-order chi connectivity index (χ0) is 23.1. The molecule has 0 heterocycles. The van der Waals surface area contributed by atoms with Crippen LogP contribution in [-0.4, -0.2) is 0 Å². The standard InChI is InChI=1S/C30H18O.C3H8.Y/c1-2-11-21(12-3-1)31-29-19-25-22-13-5-4-10-20(22)18-28(25)30(29)26-16-8-6-14-23(26)24-15-7-9-17-27(24)30;1-3-2;/h1-11,13-17H,18H2;3H2,1-2H3;/q-2;;. The zero-order valence-electron chi connectivity index (χ0n) is 20.1. The average Bonchev–Trinajstić information content (AvgIpc) is 3.49. The van der Waals surface area contributed by atoms with Gasteiger partial charge in [0.2, 0.25) is 0 Å². The summed E-state index contributed by atoms with van der Waals surface area (Å²) in [7, 11) is 0. The Morgan fingerprint density at radius 1 is 0.743 bits per heavy atom. The quantitative estimate of drug-likeness (QED) is 0.241. The van der Waals surface area contributed by atoms with Gasteiger partial charge >= 0.3 is 0 Å². The Hall–Kier alpha value is -2.74. The topological polar surface area (TPSA) is 9.23 Å². The van der Waals surface area contributed by atoms with Gasteiger partial charge in [0.25, 0.3) is 0 Å². The van der Waals surface area contributed by atoms with Crippen molar-refractivity contribution in [1.82, 2.24) is 0 Å². The van der Waals surface area contributed by atoms with Gasteiger partial charge in [-0.2, -0.15) is 23.8 Å². The molecule has 169 valence electrons. The molecule has 0 N–H and O–H groups in total. The van der Waals surface area contributed by atoms with E-state index in [1.165, 1.54) is 50.9 Å². The first-order valence-corrected chi connectivity index (χ1v) is 12.1. The molecule has 1 radical (unpaired) electrons. The summed E-state index contributed by atoms with van der Waals surface area (Å²) in [6.07, 6.45) is 5.89. The summed E-state index contributed by atoms with van der Waals surface area (Å²) in [5.74, 6) is 1.58. The van der Waals surface area contributed by atoms with Gasteiger partial charge in [-0.25, -0.2) is 0 Å². The molecule has 0 fully saturated rings. The van der Waals surface area contributed by atoms with Gasteiger partial charge in [-0.1, -0.05) is 93.4 Å². The number of hydrogen-bond acceptors (Lipinski definition) is 1. The number of ether oxygens (including phenoxy) is 1. The van der Waals surface area contributed by atoms with Crippen LogP contribution >= 0.6 is 0 Å². The van der Waals surface area contributed by atoms with Crippen LogP contribution in [0.5, 0.6) is 5.75 Å². The summed E-state index contributed by atoms with van der Waals surface area (Å²) in [6, 6.07) is 37.2. The van der Waals surface area contributed by atoms with Gasteiger partial charge < -0.3 is 4.74 Å². The third kappa shape index (κ3) is 3.60. The van der Waals surface area contributed by atoms with Crippen molar-refractivity contribution in [2.75, 3.05) is 0 Å². The zero-order valence-corrected chi connectivity index (χ0v) is 23.0. The summed E-state index contributed by atoms with van der Waals surface area (Å²) in [5, 5.41) is 0. The van der Waals surface area contributed by atoms with E-state index in [1.54, 1.807) is 0 Å². The smallest absolute Gasteiger partial charge is 0.0508 e. The second-order valence-corrected chi connectivity index (χ2v) is 9.02. The van der Waals surface area contributed by atoms with Crippen LogP contribution in [0, 0.1) is 12.1 Å². The molecular weight excluding hydrogens is 501 g/mol. The molecule has 0 atom stereocenters. The van der Waals surface area contributed by atoms with Crippen LogP contribution < -0.4 is 4.74 Å². The third-order valence-electron chi connectivity index (χ3n) is 6.83. The van der Waals surface area contributed by atoms with E-state index in [4.69, 9.17) is 4.74 Å². The number of fused-ring (bicyclic) bond motifs is 8. The van der Waals surface area contributed by atoms with E-state index in [0.29, 0.717) is 0 Å². The molecule has 0 saturated heterocycles. The van der Waals surface area contributed by atoms with Crippen molar-refractivity contribution in [3.8, 4) is 16.9 Å². The summed E-state index contributed by atoms with van der Waals surface area (Å²) in [4.78, 5) is 0. The molecular formula is C33H26OY-2. The second-order valence-electron chi connectivity index (χ2n) is 9.02. The maximum atomic E-state index is 6.59. The molecule has 0 aliphatic heterocycles. The summed E-state index contributed by atoms with van der Waals surface area (Å²) in [5.41, 5.74) is 9.88. The minimum atomic E-state index is -0.453. The normalized spacial score (nSPS) is 15.2. The van der Waals surface area contributed by atoms with Gasteiger partial charge in [-0.3, -0.25) is 0 Å². The van der Waals surface area contributed by atoms with Crippen LogP contribution in [0.25, 0.3) is 16.7 Å². The largest absolute Gasteiger partial charge is 0.500 e. The predicted molar refractivity (Wildman–Crippen MR) is 138 cm³/mol. The van der Waals surface area contributed by atoms with Crippen molar-refractivity contribution in [3.05, 3.63) is 143 Å². The van der Waals surface area contributed by atoms with Crippen molar-refractivity contribution in [1.29, 1.82) is 0 Å². The van der Waals surface area contributed by atoms with E-state index in [2.05, 4.69) is 98.8 Å². The first-order valence-electron chi connectivity index (χ1n) is 12.1. The molecule has 0 bridgehead atoms. The number of hydrogen-bond donors (Lipinski definition) is 0. The van der Waals surface area contributed by atoms with Gasteiger partial charge in [-0.05, 0) is 22.3 Å². The van der Waals surface area contributed by atoms with Gasteiger partial charge in [0.1, 0.15) is 0 Å². The third-order valence-corrected chi connectivity index (χ3v) is 6.83. The monoisotopic (exact) mass is 527 g/mol. The van der Waals surface area contributed by atoms with E-state index >= 15 is 0 Å². The summed E-state index contributed by atoms with van der Waals surface area (Å²) >= 11 is 0. The molecule has 0 saturated carbocycles. The predicted octanol–water partition coefficient (Wildman–Crippen LogP) is 7.96. The summed E-state index contributed by atoms with van der Waals surface area (Å²) in [6.45, 7) is 4.25. The van der Waals surface area contributed by atoms with Gasteiger partial charge in [0.05, 0.1) is 5.76 Å². The maximum Gasteiger partial charge on any atom is 0.0508 e. The fourth-order valence-corrected chi connectivity index (χ4v) is 5.62. The Labute approximate surface area is 233 Å². The number of rotatable bonds is 2. The molecule has 2 heteroatoms. The van der Waals surface area contributed by atoms with E-state index in [0.717, 1.165) is 17.9 Å². The average molecular weight is 527 g/mol. The number of para-hydroxylation sites is 1. The molecule has 0 unspecified atom stereocenters. The molecule has 4 aromatic rings. The molecule has 3 aliphatic rings. The molecule has 7 rings (SSSR count). The van der Waals surface area contributed by atoms with Crippen LogP contribution in [0.2, 0.25) is 0 Å². The Balaban J connectivity index is 0.000000605. The molecule has 0 aromatic heterocycles. The van der Waals surface area contributed by atoms with Crippen LogP contribution in [0.4, 0.5) is 0 Å². The maximum absolute atomic E-state index is 6.59. The second kappa shape index (κ2) is 9.72. The van der Waals surface area contributed by atoms with Crippen molar-refractivity contribution in [2.45, 2.75) is 32.1 Å². The molecule has 1 nitrogen and oxygen atoms in total. The van der Waals surface area contributed by atoms with E-state index < -0.39 is 5.41 Å². The van der Waals surface area contributed by atoms with Crippen molar-refractivity contribution in [3.63, 3.8) is 0 Å². The fourth-order valence-electron chi connectivity index (χ4n) is 5.62. The Kier molecular flexibility index (Phi) is 6.66. The van der Waals surface area contributed by atoms with Crippen molar-refractivity contribution >= 4 is 5.57 Å². The molecule has 35 heavy (non-hydrogen) atoms. The van der Waals surface area contributed by atoms with Crippen molar-refractivity contribution < 1.29 is 37.4 Å². The van der Waals surface area contributed by atoms with Crippen molar-refractivity contribution in [2.24, 2.45) is 0 Å². The Morgan fingerprint density at radius 2 is 1.31 bits per heavy atom. The van der Waals surface area contributed by atoms with Gasteiger partial charge in [-0.15, -0.1) is 41.0 Å². The fraction of sp³-hybridized carbons (Fsp3) is 0.152. The van der Waals surface area contributed by atoms with E-state index in [9.17, 15) is 0 Å². The molecule has 0 amide bonds. The summed E-state index contributed by atoms with van der Waals surface area (Å²) < 4.78 is 6.59. The Bertz CT molecular complexity index is 1400.